The minimum absolute atomic E-state index is 0.268. The summed E-state index contributed by atoms with van der Waals surface area (Å²) in [5.41, 5.74) is 3.25. The molecule has 30 heavy (non-hydrogen) atoms. The quantitative estimate of drug-likeness (QED) is 0.355. The lowest BCUT2D eigenvalue weighted by Gasteiger charge is -2.29. The second-order valence-electron chi connectivity index (χ2n) is 7.69. The van der Waals surface area contributed by atoms with Crippen LogP contribution in [-0.4, -0.2) is 48.4 Å². The number of hydrogen-bond acceptors (Lipinski definition) is 4. The van der Waals surface area contributed by atoms with Gasteiger partial charge in [-0.05, 0) is 47.4 Å². The summed E-state index contributed by atoms with van der Waals surface area (Å²) in [6, 6.07) is 22.9. The van der Waals surface area contributed by atoms with Crippen LogP contribution in [-0.2, 0) is 9.63 Å². The van der Waals surface area contributed by atoms with Gasteiger partial charge in [-0.2, -0.15) is 0 Å². The Balaban J connectivity index is 1.38. The molecule has 0 bridgehead atoms. The predicted octanol–water partition coefficient (Wildman–Crippen LogP) is 4.65. The van der Waals surface area contributed by atoms with Crippen molar-refractivity contribution in [2.45, 2.75) is 12.8 Å². The zero-order chi connectivity index (χ0) is 20.8. The van der Waals surface area contributed by atoms with E-state index >= 15 is 0 Å². The smallest absolute Gasteiger partial charge is 0.307 e. The molecule has 1 aliphatic heterocycles. The van der Waals surface area contributed by atoms with E-state index in [2.05, 4.69) is 46.5 Å². The Hall–Kier alpha value is -3.18. The summed E-state index contributed by atoms with van der Waals surface area (Å²) >= 11 is 0. The Bertz CT molecular complexity index is 1050. The second-order valence-corrected chi connectivity index (χ2v) is 7.69. The third-order valence-corrected chi connectivity index (χ3v) is 5.64. The van der Waals surface area contributed by atoms with Crippen molar-refractivity contribution in [2.75, 3.05) is 26.2 Å². The first-order valence-corrected chi connectivity index (χ1v) is 10.4. The second kappa shape index (κ2) is 9.55. The highest BCUT2D eigenvalue weighted by Gasteiger charge is 2.24. The van der Waals surface area contributed by atoms with Crippen molar-refractivity contribution in [1.82, 2.24) is 4.90 Å². The Morgan fingerprint density at radius 1 is 1.10 bits per heavy atom. The summed E-state index contributed by atoms with van der Waals surface area (Å²) in [6.45, 7) is 2.64. The van der Waals surface area contributed by atoms with Gasteiger partial charge in [0.1, 0.15) is 6.61 Å². The number of carboxylic acid groups (broad SMARTS) is 1. The van der Waals surface area contributed by atoms with Gasteiger partial charge in [-0.3, -0.25) is 9.69 Å². The number of likely N-dealkylation sites (tertiary alicyclic amines) is 1. The topological polar surface area (TPSA) is 62.1 Å². The van der Waals surface area contributed by atoms with Gasteiger partial charge in [-0.15, -0.1) is 0 Å². The number of benzene rings is 3. The highest BCUT2D eigenvalue weighted by molar-refractivity contribution is 5.93. The molecule has 0 aliphatic carbocycles. The molecular weight excluding hydrogens is 376 g/mol. The third-order valence-electron chi connectivity index (χ3n) is 5.64. The van der Waals surface area contributed by atoms with Gasteiger partial charge in [0.05, 0.1) is 12.1 Å². The van der Waals surface area contributed by atoms with Crippen molar-refractivity contribution >= 4 is 23.0 Å². The number of piperidine rings is 1. The van der Waals surface area contributed by atoms with Gasteiger partial charge < -0.3 is 9.94 Å². The highest BCUT2D eigenvalue weighted by Crippen LogP contribution is 2.26. The van der Waals surface area contributed by atoms with Crippen molar-refractivity contribution in [3.8, 4) is 11.1 Å². The predicted molar refractivity (Wildman–Crippen MR) is 120 cm³/mol. The van der Waals surface area contributed by atoms with E-state index in [0.717, 1.165) is 36.1 Å². The highest BCUT2D eigenvalue weighted by atomic mass is 16.6. The van der Waals surface area contributed by atoms with Crippen molar-refractivity contribution in [3.05, 3.63) is 72.3 Å². The van der Waals surface area contributed by atoms with E-state index in [-0.39, 0.29) is 5.92 Å². The van der Waals surface area contributed by atoms with Gasteiger partial charge in [0.15, 0.2) is 0 Å². The number of rotatable bonds is 7. The Morgan fingerprint density at radius 3 is 2.77 bits per heavy atom. The van der Waals surface area contributed by atoms with Crippen LogP contribution < -0.4 is 0 Å². The molecule has 1 heterocycles. The average Bonchev–Trinajstić information content (AvgIpc) is 2.79. The molecule has 0 saturated carbocycles. The fourth-order valence-electron chi connectivity index (χ4n) is 4.01. The molecule has 3 aromatic rings. The molecule has 1 atom stereocenters. The SMILES string of the molecule is O=C(O)C1CCCN(CCO/N=C/c2ccccc2-c2ccc3ccccc3c2)C1. The molecule has 1 unspecified atom stereocenters. The van der Waals surface area contributed by atoms with Crippen LogP contribution in [0.25, 0.3) is 21.9 Å². The van der Waals surface area contributed by atoms with E-state index in [4.69, 9.17) is 4.84 Å². The molecule has 3 aromatic carbocycles. The van der Waals surface area contributed by atoms with Crippen LogP contribution in [0.4, 0.5) is 0 Å². The molecule has 5 nitrogen and oxygen atoms in total. The van der Waals surface area contributed by atoms with Gasteiger partial charge in [0.2, 0.25) is 0 Å². The van der Waals surface area contributed by atoms with Crippen LogP contribution >= 0.6 is 0 Å². The van der Waals surface area contributed by atoms with Crippen LogP contribution in [0.1, 0.15) is 18.4 Å². The monoisotopic (exact) mass is 402 g/mol. The molecule has 0 amide bonds. The number of aliphatic carboxylic acids is 1. The van der Waals surface area contributed by atoms with E-state index < -0.39 is 5.97 Å². The summed E-state index contributed by atoms with van der Waals surface area (Å²) in [6.07, 6.45) is 3.43. The summed E-state index contributed by atoms with van der Waals surface area (Å²) in [5.74, 6) is -0.972. The molecule has 0 spiro atoms. The Labute approximate surface area is 176 Å². The number of carbonyl (C=O) groups is 1. The van der Waals surface area contributed by atoms with Crippen LogP contribution in [0.5, 0.6) is 0 Å². The molecule has 0 aromatic heterocycles. The number of nitrogens with zero attached hydrogens (tertiary/aromatic N) is 2. The summed E-state index contributed by atoms with van der Waals surface area (Å²) in [7, 11) is 0. The molecule has 5 heteroatoms. The Kier molecular flexibility index (Phi) is 6.40. The summed E-state index contributed by atoms with van der Waals surface area (Å²) in [4.78, 5) is 18.8. The standard InChI is InChI=1S/C25H26N2O3/c28-25(29)23-9-5-13-27(18-23)14-15-30-26-17-22-8-3-4-10-24(22)21-12-11-19-6-1-2-7-20(19)16-21/h1-4,6-8,10-12,16-17,23H,5,9,13-15,18H2,(H,28,29)/b26-17+. The maximum Gasteiger partial charge on any atom is 0.307 e. The van der Waals surface area contributed by atoms with E-state index in [0.29, 0.717) is 19.7 Å². The fourth-order valence-corrected chi connectivity index (χ4v) is 4.01. The first kappa shape index (κ1) is 20.1. The lowest BCUT2D eigenvalue weighted by Crippen LogP contribution is -2.40. The van der Waals surface area contributed by atoms with Gasteiger partial charge in [0.25, 0.3) is 0 Å². The zero-order valence-corrected chi connectivity index (χ0v) is 16.9. The molecule has 1 saturated heterocycles. The van der Waals surface area contributed by atoms with Crippen molar-refractivity contribution in [1.29, 1.82) is 0 Å². The maximum atomic E-state index is 11.2. The molecule has 1 fully saturated rings. The van der Waals surface area contributed by atoms with Gasteiger partial charge in [-0.1, -0.05) is 65.8 Å². The summed E-state index contributed by atoms with van der Waals surface area (Å²) in [5, 5.41) is 15.8. The van der Waals surface area contributed by atoms with E-state index in [1.54, 1.807) is 6.21 Å². The van der Waals surface area contributed by atoms with E-state index in [1.165, 1.54) is 10.8 Å². The van der Waals surface area contributed by atoms with Gasteiger partial charge in [-0.25, -0.2) is 0 Å². The minimum Gasteiger partial charge on any atom is -0.481 e. The normalized spacial score (nSPS) is 17.4. The average molecular weight is 402 g/mol. The number of carboxylic acids is 1. The van der Waals surface area contributed by atoms with Crippen LogP contribution in [0.3, 0.4) is 0 Å². The minimum atomic E-state index is -0.705. The number of oxime groups is 1. The summed E-state index contributed by atoms with van der Waals surface area (Å²) < 4.78 is 0. The van der Waals surface area contributed by atoms with E-state index in [9.17, 15) is 9.90 Å². The Morgan fingerprint density at radius 2 is 1.90 bits per heavy atom. The first-order valence-electron chi connectivity index (χ1n) is 10.4. The van der Waals surface area contributed by atoms with Crippen LogP contribution in [0.2, 0.25) is 0 Å². The molecule has 1 N–H and O–H groups in total. The molecule has 1 aliphatic rings. The van der Waals surface area contributed by atoms with Crippen molar-refractivity contribution < 1.29 is 14.7 Å². The molecular formula is C25H26N2O3. The molecule has 4 rings (SSSR count). The molecule has 154 valence electrons. The first-order chi connectivity index (χ1) is 14.7. The number of hydrogen-bond donors (Lipinski definition) is 1. The van der Waals surface area contributed by atoms with Gasteiger partial charge >= 0.3 is 5.97 Å². The fraction of sp³-hybridized carbons (Fsp3) is 0.280. The van der Waals surface area contributed by atoms with Crippen LogP contribution in [0.15, 0.2) is 71.9 Å². The maximum absolute atomic E-state index is 11.2. The lowest BCUT2D eigenvalue weighted by molar-refractivity contribution is -0.143. The lowest BCUT2D eigenvalue weighted by atomic mass is 9.98. The number of fused-ring (bicyclic) bond motifs is 1. The van der Waals surface area contributed by atoms with Crippen LogP contribution in [0, 0.1) is 5.92 Å². The zero-order valence-electron chi connectivity index (χ0n) is 16.9. The largest absolute Gasteiger partial charge is 0.481 e. The van der Waals surface area contributed by atoms with Crippen molar-refractivity contribution in [2.24, 2.45) is 11.1 Å². The van der Waals surface area contributed by atoms with E-state index in [1.807, 2.05) is 30.3 Å². The third kappa shape index (κ3) is 4.86. The molecule has 0 radical (unpaired) electrons. The van der Waals surface area contributed by atoms with Gasteiger partial charge in [0, 0.05) is 18.7 Å². The van der Waals surface area contributed by atoms with Crippen molar-refractivity contribution in [3.63, 3.8) is 0 Å².